The van der Waals surface area contributed by atoms with Crippen LogP contribution in [0.4, 0.5) is 4.79 Å². The van der Waals surface area contributed by atoms with E-state index < -0.39 is 5.97 Å². The van der Waals surface area contributed by atoms with Crippen molar-refractivity contribution in [3.8, 4) is 0 Å². The monoisotopic (exact) mass is 274 g/mol. The topological polar surface area (TPSA) is 68.3 Å². The molecular weight excluding hydrogens is 252 g/mol. The standard InChI is InChI=1S/C12H22N2O5/c1-10(2)11(15)19-7-6-13(3)12(16)14(8-17-4)9-18-5/h1,6-9H2,2-5H3. The fourth-order valence-electron chi connectivity index (χ4n) is 1.19. The van der Waals surface area contributed by atoms with Crippen LogP contribution in [0.3, 0.4) is 0 Å². The van der Waals surface area contributed by atoms with Gasteiger partial charge in [-0.1, -0.05) is 6.58 Å². The molecule has 110 valence electrons. The van der Waals surface area contributed by atoms with Gasteiger partial charge in [0.05, 0.1) is 6.54 Å². The molecule has 0 saturated carbocycles. The molecule has 0 radical (unpaired) electrons. The first-order valence-electron chi connectivity index (χ1n) is 5.74. The minimum atomic E-state index is -0.466. The van der Waals surface area contributed by atoms with E-state index in [4.69, 9.17) is 14.2 Å². The van der Waals surface area contributed by atoms with Gasteiger partial charge in [0, 0.05) is 26.8 Å². The van der Waals surface area contributed by atoms with E-state index in [1.807, 2.05) is 0 Å². The van der Waals surface area contributed by atoms with Crippen LogP contribution in [0.5, 0.6) is 0 Å². The van der Waals surface area contributed by atoms with Gasteiger partial charge in [-0.15, -0.1) is 0 Å². The second-order valence-electron chi connectivity index (χ2n) is 4.00. The predicted octanol–water partition coefficient (Wildman–Crippen LogP) is 0.667. The molecule has 0 aromatic carbocycles. The molecule has 0 saturated heterocycles. The van der Waals surface area contributed by atoms with Crippen LogP contribution in [0.1, 0.15) is 6.92 Å². The first-order chi connectivity index (χ1) is 8.93. The molecule has 19 heavy (non-hydrogen) atoms. The Morgan fingerprint density at radius 2 is 1.68 bits per heavy atom. The van der Waals surface area contributed by atoms with E-state index in [0.29, 0.717) is 5.57 Å². The van der Waals surface area contributed by atoms with Crippen LogP contribution in [0.25, 0.3) is 0 Å². The van der Waals surface area contributed by atoms with E-state index in [9.17, 15) is 9.59 Å². The van der Waals surface area contributed by atoms with Gasteiger partial charge in [-0.25, -0.2) is 9.59 Å². The Morgan fingerprint density at radius 1 is 1.16 bits per heavy atom. The summed E-state index contributed by atoms with van der Waals surface area (Å²) in [5.74, 6) is -0.466. The fourth-order valence-corrected chi connectivity index (χ4v) is 1.19. The lowest BCUT2D eigenvalue weighted by atomic mass is 10.4. The highest BCUT2D eigenvalue weighted by molar-refractivity contribution is 5.86. The van der Waals surface area contributed by atoms with E-state index in [-0.39, 0.29) is 32.6 Å². The van der Waals surface area contributed by atoms with Crippen molar-refractivity contribution in [1.82, 2.24) is 9.80 Å². The molecule has 0 aliphatic heterocycles. The zero-order valence-electron chi connectivity index (χ0n) is 12.0. The molecule has 0 aliphatic rings. The molecule has 7 nitrogen and oxygen atoms in total. The molecule has 0 unspecified atom stereocenters. The number of amides is 2. The Balaban J connectivity index is 4.16. The van der Waals surface area contributed by atoms with Gasteiger partial charge in [-0.3, -0.25) is 4.90 Å². The first-order valence-corrected chi connectivity index (χ1v) is 5.74. The Morgan fingerprint density at radius 3 is 2.11 bits per heavy atom. The van der Waals surface area contributed by atoms with Crippen molar-refractivity contribution in [3.05, 3.63) is 12.2 Å². The van der Waals surface area contributed by atoms with Crippen molar-refractivity contribution in [3.63, 3.8) is 0 Å². The van der Waals surface area contributed by atoms with E-state index in [1.54, 1.807) is 14.0 Å². The first kappa shape index (κ1) is 17.4. The van der Waals surface area contributed by atoms with E-state index >= 15 is 0 Å². The van der Waals surface area contributed by atoms with Crippen molar-refractivity contribution >= 4 is 12.0 Å². The van der Waals surface area contributed by atoms with Gasteiger partial charge in [0.1, 0.15) is 20.1 Å². The molecule has 0 atom stereocenters. The lowest BCUT2D eigenvalue weighted by Crippen LogP contribution is -2.44. The van der Waals surface area contributed by atoms with Crippen LogP contribution in [-0.4, -0.2) is 69.7 Å². The Bertz CT molecular complexity index is 313. The summed E-state index contributed by atoms with van der Waals surface area (Å²) in [6.45, 7) is 5.68. The molecule has 2 amide bonds. The van der Waals surface area contributed by atoms with E-state index in [2.05, 4.69) is 6.58 Å². The third-order valence-electron chi connectivity index (χ3n) is 2.18. The van der Waals surface area contributed by atoms with Crippen LogP contribution in [0.15, 0.2) is 12.2 Å². The van der Waals surface area contributed by atoms with Gasteiger partial charge in [0.25, 0.3) is 0 Å². The maximum Gasteiger partial charge on any atom is 0.333 e. The quantitative estimate of drug-likeness (QED) is 0.369. The minimum Gasteiger partial charge on any atom is -0.460 e. The third-order valence-corrected chi connectivity index (χ3v) is 2.18. The number of likely N-dealkylation sites (N-methyl/N-ethyl adjacent to an activating group) is 1. The molecule has 0 aromatic heterocycles. The summed E-state index contributed by atoms with van der Waals surface area (Å²) >= 11 is 0. The second-order valence-corrected chi connectivity index (χ2v) is 4.00. The predicted molar refractivity (Wildman–Crippen MR) is 69.4 cm³/mol. The minimum absolute atomic E-state index is 0.113. The number of carbonyl (C=O) groups excluding carboxylic acids is 2. The van der Waals surface area contributed by atoms with Crippen molar-refractivity contribution in [2.45, 2.75) is 6.92 Å². The van der Waals surface area contributed by atoms with Crippen LogP contribution in [0, 0.1) is 0 Å². The van der Waals surface area contributed by atoms with Gasteiger partial charge in [-0.2, -0.15) is 0 Å². The number of rotatable bonds is 8. The number of hydrogen-bond donors (Lipinski definition) is 0. The summed E-state index contributed by atoms with van der Waals surface area (Å²) in [4.78, 5) is 25.9. The average molecular weight is 274 g/mol. The van der Waals surface area contributed by atoms with E-state index in [1.165, 1.54) is 24.0 Å². The SMILES string of the molecule is C=C(C)C(=O)OCCN(C)C(=O)N(COC)COC. The van der Waals surface area contributed by atoms with Gasteiger partial charge in [0.15, 0.2) is 0 Å². The molecule has 0 N–H and O–H groups in total. The largest absolute Gasteiger partial charge is 0.460 e. The number of ether oxygens (including phenoxy) is 3. The van der Waals surface area contributed by atoms with Crippen molar-refractivity contribution < 1.29 is 23.8 Å². The lowest BCUT2D eigenvalue weighted by molar-refractivity contribution is -0.139. The third kappa shape index (κ3) is 6.78. The zero-order valence-corrected chi connectivity index (χ0v) is 12.0. The lowest BCUT2D eigenvalue weighted by Gasteiger charge is -2.26. The summed E-state index contributed by atoms with van der Waals surface area (Å²) in [7, 11) is 4.59. The molecule has 0 aromatic rings. The van der Waals surface area contributed by atoms with Crippen molar-refractivity contribution in [1.29, 1.82) is 0 Å². The van der Waals surface area contributed by atoms with Crippen molar-refractivity contribution in [2.24, 2.45) is 0 Å². The zero-order chi connectivity index (χ0) is 14.8. The van der Waals surface area contributed by atoms with Gasteiger partial charge < -0.3 is 19.1 Å². The number of methoxy groups -OCH3 is 2. The summed E-state index contributed by atoms with van der Waals surface area (Å²) in [6.07, 6.45) is 0. The van der Waals surface area contributed by atoms with Crippen LogP contribution in [-0.2, 0) is 19.0 Å². The molecule has 0 rings (SSSR count). The highest BCUT2D eigenvalue weighted by Gasteiger charge is 2.17. The van der Waals surface area contributed by atoms with Crippen molar-refractivity contribution in [2.75, 3.05) is 47.9 Å². The highest BCUT2D eigenvalue weighted by atomic mass is 16.5. The average Bonchev–Trinajstić information content (AvgIpc) is 2.37. The maximum absolute atomic E-state index is 12.0. The fraction of sp³-hybridized carbons (Fsp3) is 0.667. The Hall–Kier alpha value is -1.60. The van der Waals surface area contributed by atoms with E-state index in [0.717, 1.165) is 0 Å². The normalized spacial score (nSPS) is 9.89. The Kier molecular flexibility index (Phi) is 8.56. The molecule has 0 heterocycles. The number of nitrogens with zero attached hydrogens (tertiary/aromatic N) is 2. The summed E-state index contributed by atoms with van der Waals surface area (Å²) in [6, 6.07) is -0.268. The molecule has 7 heteroatoms. The molecule has 0 fully saturated rings. The molecule has 0 spiro atoms. The van der Waals surface area contributed by atoms with Crippen LogP contribution in [0.2, 0.25) is 0 Å². The number of carbonyl (C=O) groups is 2. The highest BCUT2D eigenvalue weighted by Crippen LogP contribution is 1.98. The van der Waals surface area contributed by atoms with Gasteiger partial charge in [-0.05, 0) is 6.92 Å². The Labute approximate surface area is 113 Å². The summed E-state index contributed by atoms with van der Waals surface area (Å²) in [5.41, 5.74) is 0.328. The summed E-state index contributed by atoms with van der Waals surface area (Å²) in [5, 5.41) is 0. The second kappa shape index (κ2) is 9.35. The number of urea groups is 1. The number of esters is 1. The molecule has 0 bridgehead atoms. The van der Waals surface area contributed by atoms with Crippen LogP contribution < -0.4 is 0 Å². The number of hydrogen-bond acceptors (Lipinski definition) is 5. The van der Waals surface area contributed by atoms with Crippen LogP contribution >= 0.6 is 0 Å². The maximum atomic E-state index is 12.0. The van der Waals surface area contributed by atoms with Gasteiger partial charge >= 0.3 is 12.0 Å². The molecular formula is C12H22N2O5. The molecule has 0 aliphatic carbocycles. The smallest absolute Gasteiger partial charge is 0.333 e. The van der Waals surface area contributed by atoms with Gasteiger partial charge in [0.2, 0.25) is 0 Å². The summed E-state index contributed by atoms with van der Waals surface area (Å²) < 4.78 is 14.7.